The first-order valence-corrected chi connectivity index (χ1v) is 7.24. The molecule has 0 aromatic heterocycles. The summed E-state index contributed by atoms with van der Waals surface area (Å²) in [5.41, 5.74) is 0. The summed E-state index contributed by atoms with van der Waals surface area (Å²) >= 11 is 2.34. The molecule has 0 bridgehead atoms. The summed E-state index contributed by atoms with van der Waals surface area (Å²) < 4.78 is 0.245. The summed E-state index contributed by atoms with van der Waals surface area (Å²) in [4.78, 5) is 7.31. The standard InChI is InChI=1S/C12H27N4.3ClH.Ti/c1-12-11-15(3)8-6-13-5-7-14(2)9-10-16(12)4;;;;/h13H,5-11H2,1-4H3;3*1H;/q;;;;+3/p-3. The van der Waals surface area contributed by atoms with Gasteiger partial charge in [0.2, 0.25) is 0 Å². The van der Waals surface area contributed by atoms with E-state index in [1.54, 1.807) is 0 Å². The summed E-state index contributed by atoms with van der Waals surface area (Å²) in [6.07, 6.45) is 0. The maximum Gasteiger partial charge on any atom is -1.00 e. The molecule has 1 atom stereocenters. The molecule has 4 nitrogen and oxygen atoms in total. The first-order chi connectivity index (χ1) is 7.92. The van der Waals surface area contributed by atoms with Crippen molar-refractivity contribution in [3.05, 3.63) is 0 Å². The van der Waals surface area contributed by atoms with Crippen LogP contribution in [0.4, 0.5) is 0 Å². The second-order valence-corrected chi connectivity index (χ2v) is 7.17. The van der Waals surface area contributed by atoms with Crippen molar-refractivity contribution in [1.82, 2.24) is 20.0 Å². The Kier molecular flexibility index (Phi) is 17.0. The molecule has 0 saturated carbocycles. The third-order valence-corrected chi connectivity index (χ3v) is 4.42. The van der Waals surface area contributed by atoms with Gasteiger partial charge in [0.15, 0.2) is 0 Å². The van der Waals surface area contributed by atoms with Gasteiger partial charge in [0.05, 0.1) is 0 Å². The Hall–Kier alpha value is 1.42. The topological polar surface area (TPSA) is 21.8 Å². The third kappa shape index (κ3) is 10.2. The van der Waals surface area contributed by atoms with E-state index in [-0.39, 0.29) is 41.1 Å². The molecule has 0 spiro atoms. The van der Waals surface area contributed by atoms with Crippen molar-refractivity contribution >= 4 is 0 Å². The minimum absolute atomic E-state index is 0. The van der Waals surface area contributed by atoms with E-state index in [0.717, 1.165) is 45.8 Å². The molecule has 0 radical (unpaired) electrons. The zero-order valence-corrected chi connectivity index (χ0v) is 16.8. The van der Waals surface area contributed by atoms with Gasteiger partial charge >= 0.3 is 118 Å². The molecule has 120 valence electrons. The molecular formula is C12H27Cl3N4Ti. The van der Waals surface area contributed by atoms with Crippen LogP contribution in [0, 0.1) is 0 Å². The van der Waals surface area contributed by atoms with E-state index in [1.165, 1.54) is 0 Å². The molecule has 1 rings (SSSR count). The van der Waals surface area contributed by atoms with Crippen molar-refractivity contribution < 1.29 is 57.7 Å². The Bertz CT molecular complexity index is 235. The summed E-state index contributed by atoms with van der Waals surface area (Å²) in [6, 6.07) is 0. The second kappa shape index (κ2) is 12.9. The molecule has 8 heteroatoms. The van der Waals surface area contributed by atoms with Gasteiger partial charge < -0.3 is 37.2 Å². The summed E-state index contributed by atoms with van der Waals surface area (Å²) in [5, 5.41) is 3.51. The number of hydrogen-bond donors (Lipinski definition) is 1. The van der Waals surface area contributed by atoms with Crippen LogP contribution in [0.15, 0.2) is 0 Å². The van der Waals surface area contributed by atoms with Gasteiger partial charge in [-0.1, -0.05) is 0 Å². The molecule has 1 saturated heterocycles. The summed E-state index contributed by atoms with van der Waals surface area (Å²) in [5.74, 6) is 0. The van der Waals surface area contributed by atoms with Crippen LogP contribution < -0.4 is 42.5 Å². The van der Waals surface area contributed by atoms with E-state index in [9.17, 15) is 0 Å². The van der Waals surface area contributed by atoms with Gasteiger partial charge in [-0.25, -0.2) is 0 Å². The van der Waals surface area contributed by atoms with Gasteiger partial charge in [-0.3, -0.25) is 0 Å². The molecule has 0 aromatic carbocycles. The van der Waals surface area contributed by atoms with E-state index in [4.69, 9.17) is 0 Å². The fourth-order valence-electron chi connectivity index (χ4n) is 2.07. The SMILES string of the molecule is CN1CCNCCN(C)C[C](C)([Ti+3])N(C)CC1.[Cl-].[Cl-].[Cl-]. The summed E-state index contributed by atoms with van der Waals surface area (Å²) in [6.45, 7) is 10.2. The maximum absolute atomic E-state index is 3.51. The van der Waals surface area contributed by atoms with Crippen molar-refractivity contribution in [1.29, 1.82) is 0 Å². The van der Waals surface area contributed by atoms with Crippen LogP contribution in [0.1, 0.15) is 6.92 Å². The second-order valence-electron chi connectivity index (χ2n) is 5.49. The molecule has 0 aliphatic carbocycles. The normalized spacial score (nSPS) is 28.1. The minimum Gasteiger partial charge on any atom is -1.00 e. The number of nitrogens with one attached hydrogen (secondary N) is 1. The average Bonchev–Trinajstić information content (AvgIpc) is 2.23. The molecule has 0 amide bonds. The zero-order valence-electron chi connectivity index (χ0n) is 12.9. The molecule has 1 aliphatic rings. The quantitative estimate of drug-likeness (QED) is 0.421. The smallest absolute Gasteiger partial charge is 1.00 e. The average molecular weight is 382 g/mol. The first kappa shape index (κ1) is 26.3. The molecule has 20 heavy (non-hydrogen) atoms. The Morgan fingerprint density at radius 3 is 1.90 bits per heavy atom. The third-order valence-electron chi connectivity index (χ3n) is 3.58. The van der Waals surface area contributed by atoms with E-state index < -0.39 is 0 Å². The van der Waals surface area contributed by atoms with Gasteiger partial charge in [-0.2, -0.15) is 0 Å². The van der Waals surface area contributed by atoms with Gasteiger partial charge in [-0.05, 0) is 0 Å². The van der Waals surface area contributed by atoms with Crippen LogP contribution in [0.2, 0.25) is 0 Å². The van der Waals surface area contributed by atoms with Gasteiger partial charge in [0, 0.05) is 0 Å². The van der Waals surface area contributed by atoms with Crippen molar-refractivity contribution in [2.45, 2.75) is 10.8 Å². The van der Waals surface area contributed by atoms with Crippen LogP contribution in [-0.4, -0.2) is 85.5 Å². The van der Waals surface area contributed by atoms with Crippen molar-refractivity contribution in [3.63, 3.8) is 0 Å². The zero-order chi connectivity index (χ0) is 12.9. The van der Waals surface area contributed by atoms with Crippen LogP contribution >= 0.6 is 0 Å². The molecule has 1 aliphatic heterocycles. The summed E-state index contributed by atoms with van der Waals surface area (Å²) in [7, 11) is 6.67. The number of rotatable bonds is 0. The Balaban J connectivity index is -0.000000963. The van der Waals surface area contributed by atoms with E-state index in [2.05, 4.69) is 68.5 Å². The number of halogens is 3. The van der Waals surface area contributed by atoms with Crippen LogP contribution in [0.3, 0.4) is 0 Å². The molecule has 0 aromatic rings. The molecule has 1 unspecified atom stereocenters. The van der Waals surface area contributed by atoms with E-state index in [0.29, 0.717) is 0 Å². The number of likely N-dealkylation sites (N-methyl/N-ethyl adjacent to an activating group) is 3. The monoisotopic (exact) mass is 380 g/mol. The van der Waals surface area contributed by atoms with Crippen LogP contribution in [-0.2, 0) is 20.4 Å². The first-order valence-electron chi connectivity index (χ1n) is 6.46. The number of nitrogens with zero attached hydrogens (tertiary/aromatic N) is 3. The largest absolute Gasteiger partial charge is 1.00 e. The fourth-order valence-corrected chi connectivity index (χ4v) is 2.67. The number of hydrogen-bond acceptors (Lipinski definition) is 4. The Labute approximate surface area is 155 Å². The maximum atomic E-state index is 3.51. The molecule has 1 heterocycles. The van der Waals surface area contributed by atoms with Gasteiger partial charge in [0.25, 0.3) is 0 Å². The van der Waals surface area contributed by atoms with Crippen molar-refractivity contribution in [2.75, 3.05) is 67.0 Å². The predicted molar refractivity (Wildman–Crippen MR) is 68.9 cm³/mol. The molecule has 1 fully saturated rings. The van der Waals surface area contributed by atoms with E-state index >= 15 is 0 Å². The van der Waals surface area contributed by atoms with E-state index in [1.807, 2.05) is 0 Å². The Morgan fingerprint density at radius 1 is 0.850 bits per heavy atom. The molecule has 1 N–H and O–H groups in total. The fraction of sp³-hybridized carbons (Fsp3) is 1.00. The van der Waals surface area contributed by atoms with Crippen LogP contribution in [0.5, 0.6) is 0 Å². The van der Waals surface area contributed by atoms with Crippen molar-refractivity contribution in [3.8, 4) is 0 Å². The van der Waals surface area contributed by atoms with Gasteiger partial charge in [-0.15, -0.1) is 0 Å². The molecular weight excluding hydrogens is 354 g/mol. The van der Waals surface area contributed by atoms with Crippen LogP contribution in [0.25, 0.3) is 0 Å². The van der Waals surface area contributed by atoms with Gasteiger partial charge in [0.1, 0.15) is 0 Å². The minimum atomic E-state index is 0. The Morgan fingerprint density at radius 2 is 1.35 bits per heavy atom. The predicted octanol–water partition coefficient (Wildman–Crippen LogP) is -9.34. The van der Waals surface area contributed by atoms with Crippen molar-refractivity contribution in [2.24, 2.45) is 0 Å².